The molecule has 14 heteroatoms. The first-order valence-corrected chi connectivity index (χ1v) is 12.0. The van der Waals surface area contributed by atoms with E-state index in [1.807, 2.05) is 6.07 Å². The lowest BCUT2D eigenvalue weighted by atomic mass is 9.98. The number of ether oxygens (including phenoxy) is 1. The zero-order valence-electron chi connectivity index (χ0n) is 18.2. The molecule has 34 heavy (non-hydrogen) atoms. The molecule has 1 aromatic carbocycles. The standard InChI is InChI=1S/C20H21BrClF2N5O4S/c1-20(2,3)34(32)28-11(9-25)7-14(18-12(21)5-4-6-16(18)33-19(23)24)27-13-8-17(22)26-10-15(13)29(30)31/h4-6,8,10-11,14,19,28H,7H2,1-3H3,(H,26,27). The van der Waals surface area contributed by atoms with Gasteiger partial charge in [-0.2, -0.15) is 14.0 Å². The van der Waals surface area contributed by atoms with E-state index in [-0.39, 0.29) is 28.6 Å². The minimum Gasteiger partial charge on any atom is -0.598 e. The minimum atomic E-state index is -3.14. The second kappa shape index (κ2) is 11.9. The van der Waals surface area contributed by atoms with Crippen molar-refractivity contribution in [3.63, 3.8) is 0 Å². The molecule has 1 aromatic heterocycles. The fourth-order valence-corrected chi connectivity index (χ4v) is 4.39. The quantitative estimate of drug-likeness (QED) is 0.163. The number of pyridine rings is 1. The Kier molecular flexibility index (Phi) is 9.84. The van der Waals surface area contributed by atoms with Crippen LogP contribution in [0.25, 0.3) is 0 Å². The SMILES string of the molecule is CC(C)(C)[S+]([O-])NC(C#N)CC(Nc1cc(Cl)ncc1[N+](=O)[O-])c1c(Br)cccc1OC(F)F. The first kappa shape index (κ1) is 28.0. The Balaban J connectivity index is 2.57. The molecule has 3 unspecified atom stereocenters. The third-order valence-electron chi connectivity index (χ3n) is 4.39. The van der Waals surface area contributed by atoms with E-state index >= 15 is 0 Å². The van der Waals surface area contributed by atoms with E-state index in [1.165, 1.54) is 18.2 Å². The maximum atomic E-state index is 13.1. The Hall–Kier alpha value is -2.24. The van der Waals surface area contributed by atoms with Crippen molar-refractivity contribution in [1.82, 2.24) is 9.71 Å². The van der Waals surface area contributed by atoms with Crippen LogP contribution in [0.1, 0.15) is 38.8 Å². The molecule has 0 radical (unpaired) electrons. The molecule has 0 aliphatic rings. The van der Waals surface area contributed by atoms with Crippen LogP contribution < -0.4 is 14.8 Å². The van der Waals surface area contributed by atoms with Gasteiger partial charge in [0.05, 0.1) is 17.0 Å². The van der Waals surface area contributed by atoms with Gasteiger partial charge in [-0.15, -0.1) is 4.72 Å². The zero-order valence-corrected chi connectivity index (χ0v) is 21.4. The Labute approximate surface area is 211 Å². The summed E-state index contributed by atoms with van der Waals surface area (Å²) in [4.78, 5) is 14.5. The normalized spacial score (nSPS) is 14.2. The molecular weight excluding hydrogens is 560 g/mol. The number of hydrogen-bond donors (Lipinski definition) is 2. The number of hydrogen-bond acceptors (Lipinski definition) is 8. The summed E-state index contributed by atoms with van der Waals surface area (Å²) < 4.78 is 45.8. The lowest BCUT2D eigenvalue weighted by Crippen LogP contribution is -2.45. The Bertz CT molecular complexity index is 1070. The van der Waals surface area contributed by atoms with Crippen LogP contribution in [-0.4, -0.2) is 31.9 Å². The van der Waals surface area contributed by atoms with Crippen LogP contribution >= 0.6 is 27.5 Å². The van der Waals surface area contributed by atoms with E-state index in [1.54, 1.807) is 26.8 Å². The van der Waals surface area contributed by atoms with Crippen molar-refractivity contribution in [3.05, 3.63) is 55.8 Å². The van der Waals surface area contributed by atoms with Crippen LogP contribution in [0, 0.1) is 21.4 Å². The Morgan fingerprint density at radius 1 is 1.41 bits per heavy atom. The van der Waals surface area contributed by atoms with E-state index in [2.05, 4.69) is 35.7 Å². The molecule has 1 heterocycles. The summed E-state index contributed by atoms with van der Waals surface area (Å²) in [6, 6.07) is 5.53. The van der Waals surface area contributed by atoms with Crippen molar-refractivity contribution in [3.8, 4) is 11.8 Å². The molecular formula is C20H21BrClF2N5O4S. The van der Waals surface area contributed by atoms with E-state index in [9.17, 15) is 28.7 Å². The second-order valence-electron chi connectivity index (χ2n) is 7.92. The highest BCUT2D eigenvalue weighted by molar-refractivity contribution is 9.10. The minimum absolute atomic E-state index is 0.0492. The molecule has 3 atom stereocenters. The highest BCUT2D eigenvalue weighted by Gasteiger charge is 2.33. The molecule has 0 aliphatic heterocycles. The summed E-state index contributed by atoms with van der Waals surface area (Å²) in [6.45, 7) is 2.00. The third kappa shape index (κ3) is 7.64. The van der Waals surface area contributed by atoms with Gasteiger partial charge in [0.2, 0.25) is 0 Å². The van der Waals surface area contributed by atoms with Gasteiger partial charge in [-0.3, -0.25) is 10.1 Å². The highest BCUT2D eigenvalue weighted by Crippen LogP contribution is 2.39. The Morgan fingerprint density at radius 3 is 2.65 bits per heavy atom. The van der Waals surface area contributed by atoms with E-state index in [0.717, 1.165) is 6.20 Å². The number of halogens is 4. The monoisotopic (exact) mass is 579 g/mol. The number of benzene rings is 1. The number of alkyl halides is 2. The lowest BCUT2D eigenvalue weighted by Gasteiger charge is -2.29. The molecule has 9 nitrogen and oxygen atoms in total. The fourth-order valence-electron chi connectivity index (χ4n) is 2.84. The molecule has 0 amide bonds. The van der Waals surface area contributed by atoms with E-state index in [0.29, 0.717) is 4.47 Å². The average Bonchev–Trinajstić information content (AvgIpc) is 2.71. The predicted molar refractivity (Wildman–Crippen MR) is 128 cm³/mol. The molecule has 0 aliphatic carbocycles. The summed E-state index contributed by atoms with van der Waals surface area (Å²) in [5.41, 5.74) is -0.298. The number of anilines is 1. The van der Waals surface area contributed by atoms with Crippen molar-refractivity contribution >= 4 is 50.3 Å². The summed E-state index contributed by atoms with van der Waals surface area (Å²) >= 11 is 7.61. The van der Waals surface area contributed by atoms with Gasteiger partial charge >= 0.3 is 12.3 Å². The van der Waals surface area contributed by atoms with Gasteiger partial charge in [-0.25, -0.2) is 4.98 Å². The fraction of sp³-hybridized carbons (Fsp3) is 0.400. The third-order valence-corrected chi connectivity index (χ3v) is 6.90. The van der Waals surface area contributed by atoms with Crippen LogP contribution in [0.15, 0.2) is 34.9 Å². The smallest absolute Gasteiger partial charge is 0.387 e. The second-order valence-corrected chi connectivity index (χ2v) is 11.2. The van der Waals surface area contributed by atoms with Gasteiger partial charge in [0.1, 0.15) is 33.6 Å². The predicted octanol–water partition coefficient (Wildman–Crippen LogP) is 5.49. The van der Waals surface area contributed by atoms with Crippen LogP contribution in [0.5, 0.6) is 5.75 Å². The number of rotatable bonds is 10. The first-order valence-electron chi connectivity index (χ1n) is 9.70. The lowest BCUT2D eigenvalue weighted by molar-refractivity contribution is -0.384. The molecule has 0 bridgehead atoms. The van der Waals surface area contributed by atoms with Crippen LogP contribution in [0.3, 0.4) is 0 Å². The topological polar surface area (TPSA) is 136 Å². The van der Waals surface area contributed by atoms with Gasteiger partial charge in [0, 0.05) is 33.9 Å². The molecule has 2 N–H and O–H groups in total. The van der Waals surface area contributed by atoms with Crippen molar-refractivity contribution in [2.75, 3.05) is 5.32 Å². The van der Waals surface area contributed by atoms with Crippen molar-refractivity contribution in [2.24, 2.45) is 0 Å². The summed E-state index contributed by atoms with van der Waals surface area (Å²) in [5.74, 6) is -0.210. The van der Waals surface area contributed by atoms with Crippen molar-refractivity contribution in [2.45, 2.75) is 50.6 Å². The van der Waals surface area contributed by atoms with Gasteiger partial charge in [-0.1, -0.05) is 33.6 Å². The summed E-state index contributed by atoms with van der Waals surface area (Å²) in [6.07, 6.45) is 0.824. The molecule has 0 saturated heterocycles. The zero-order chi connectivity index (χ0) is 25.6. The maximum Gasteiger partial charge on any atom is 0.387 e. The molecule has 2 rings (SSSR count). The number of nitrogens with zero attached hydrogens (tertiary/aromatic N) is 3. The van der Waals surface area contributed by atoms with E-state index < -0.39 is 45.4 Å². The van der Waals surface area contributed by atoms with Crippen LogP contribution in [-0.2, 0) is 11.4 Å². The number of nitrogens with one attached hydrogen (secondary N) is 2. The maximum absolute atomic E-state index is 13.1. The number of aromatic nitrogens is 1. The van der Waals surface area contributed by atoms with E-state index in [4.69, 9.17) is 11.6 Å². The van der Waals surface area contributed by atoms with Crippen molar-refractivity contribution in [1.29, 1.82) is 5.26 Å². The summed E-state index contributed by atoms with van der Waals surface area (Å²) in [7, 11) is 0. The first-order chi connectivity index (χ1) is 15.8. The number of nitriles is 1. The Morgan fingerprint density at radius 2 is 2.09 bits per heavy atom. The largest absolute Gasteiger partial charge is 0.598 e. The van der Waals surface area contributed by atoms with Gasteiger partial charge in [-0.05, 0) is 32.9 Å². The van der Waals surface area contributed by atoms with Gasteiger partial charge in [0.15, 0.2) is 0 Å². The molecule has 0 saturated carbocycles. The summed E-state index contributed by atoms with van der Waals surface area (Å²) in [5, 5.41) is 24.1. The number of nitro groups is 1. The molecule has 0 spiro atoms. The molecule has 0 fully saturated rings. The molecule has 2 aromatic rings. The molecule has 184 valence electrons. The van der Waals surface area contributed by atoms with Gasteiger partial charge < -0.3 is 14.6 Å². The highest BCUT2D eigenvalue weighted by atomic mass is 79.9. The average molecular weight is 581 g/mol. The van der Waals surface area contributed by atoms with Crippen LogP contribution in [0.4, 0.5) is 20.2 Å². The van der Waals surface area contributed by atoms with Crippen LogP contribution in [0.2, 0.25) is 5.15 Å². The van der Waals surface area contributed by atoms with Crippen molar-refractivity contribution < 1.29 is 23.0 Å². The van der Waals surface area contributed by atoms with Gasteiger partial charge in [0.25, 0.3) is 0 Å².